The summed E-state index contributed by atoms with van der Waals surface area (Å²) >= 11 is 5.60. The van der Waals surface area contributed by atoms with Gasteiger partial charge in [0.2, 0.25) is 0 Å². The average Bonchev–Trinajstić information content (AvgIpc) is 2.34. The van der Waals surface area contributed by atoms with E-state index in [1.807, 2.05) is 30.3 Å². The highest BCUT2D eigenvalue weighted by atomic mass is 35.5. The molecular formula is C11H13BClNO2. The lowest BCUT2D eigenvalue weighted by Gasteiger charge is -2.16. The number of aliphatic imine (C=N–C) groups is 1. The first kappa shape index (κ1) is 13.1. The molecule has 0 aliphatic carbocycles. The van der Waals surface area contributed by atoms with Crippen molar-refractivity contribution in [3.8, 4) is 0 Å². The van der Waals surface area contributed by atoms with Crippen molar-refractivity contribution >= 4 is 26.1 Å². The number of nitrogens with zero attached hydrogens (tertiary/aromatic N) is 1. The van der Waals surface area contributed by atoms with E-state index in [-0.39, 0.29) is 11.9 Å². The second kappa shape index (κ2) is 7.31. The zero-order chi connectivity index (χ0) is 11.8. The molecule has 0 amide bonds. The zero-order valence-electron chi connectivity index (χ0n) is 8.79. The van der Waals surface area contributed by atoms with Gasteiger partial charge >= 0.3 is 8.05 Å². The highest BCUT2D eigenvalue weighted by Crippen LogP contribution is 2.10. The monoisotopic (exact) mass is 237 g/mol. The topological polar surface area (TPSA) is 41.8 Å². The summed E-state index contributed by atoms with van der Waals surface area (Å²) in [7, 11) is 4.85. The van der Waals surface area contributed by atoms with Gasteiger partial charge in [-0.15, -0.1) is 11.6 Å². The van der Waals surface area contributed by atoms with Crippen molar-refractivity contribution in [2.24, 2.45) is 4.99 Å². The fourth-order valence-electron chi connectivity index (χ4n) is 1.36. The van der Waals surface area contributed by atoms with Gasteiger partial charge in [-0.25, -0.2) is 0 Å². The van der Waals surface area contributed by atoms with Crippen molar-refractivity contribution in [3.63, 3.8) is 0 Å². The summed E-state index contributed by atoms with van der Waals surface area (Å²) in [6.45, 7) is 0. The van der Waals surface area contributed by atoms with Crippen LogP contribution in [0.25, 0.3) is 0 Å². The Hall–Kier alpha value is -0.995. The van der Waals surface area contributed by atoms with Crippen LogP contribution in [-0.2, 0) is 11.1 Å². The molecule has 1 rings (SSSR count). The Bertz CT molecular complexity index is 321. The summed E-state index contributed by atoms with van der Waals surface area (Å²) in [6.07, 6.45) is 0.992. The van der Waals surface area contributed by atoms with E-state index >= 15 is 0 Å². The predicted molar refractivity (Wildman–Crippen MR) is 66.0 cm³/mol. The molecule has 1 aromatic rings. The lowest BCUT2D eigenvalue weighted by Crippen LogP contribution is -2.28. The van der Waals surface area contributed by atoms with Crippen molar-refractivity contribution in [1.82, 2.24) is 0 Å². The van der Waals surface area contributed by atoms with E-state index in [2.05, 4.69) is 9.65 Å². The molecule has 0 heterocycles. The fourth-order valence-corrected chi connectivity index (χ4v) is 1.57. The van der Waals surface area contributed by atoms with Crippen LogP contribution in [0.15, 0.2) is 35.3 Å². The maximum atomic E-state index is 9.66. The summed E-state index contributed by atoms with van der Waals surface area (Å²) in [5.41, 5.74) is 1.07. The summed E-state index contributed by atoms with van der Waals surface area (Å²) in [4.78, 5) is 4.00. The van der Waals surface area contributed by atoms with Gasteiger partial charge in [-0.1, -0.05) is 30.3 Å². The smallest absolute Gasteiger partial charge is 0.375 e. The van der Waals surface area contributed by atoms with E-state index in [1.54, 1.807) is 0 Å². The molecule has 0 fully saturated rings. The maximum absolute atomic E-state index is 9.66. The zero-order valence-corrected chi connectivity index (χ0v) is 9.55. The number of hydrogen-bond acceptors (Lipinski definition) is 3. The van der Waals surface area contributed by atoms with Crippen molar-refractivity contribution < 1.29 is 9.76 Å². The van der Waals surface area contributed by atoms with Gasteiger partial charge in [0.1, 0.15) is 0 Å². The number of aliphatic hydroxyl groups is 1. The molecule has 0 aliphatic heterocycles. The number of alkyl halides is 1. The van der Waals surface area contributed by atoms with E-state index in [9.17, 15) is 5.11 Å². The molecule has 0 bridgehead atoms. The van der Waals surface area contributed by atoms with Crippen molar-refractivity contribution in [3.05, 3.63) is 35.9 Å². The number of hydrogen-bond donors (Lipinski definition) is 1. The van der Waals surface area contributed by atoms with Gasteiger partial charge in [0.05, 0.1) is 18.0 Å². The van der Waals surface area contributed by atoms with Crippen molar-refractivity contribution in [2.75, 3.05) is 5.88 Å². The molecule has 0 aromatic heterocycles. The van der Waals surface area contributed by atoms with Crippen LogP contribution >= 0.6 is 11.6 Å². The summed E-state index contributed by atoms with van der Waals surface area (Å²) in [6, 6.07) is 9.39. The Labute approximate surface area is 102 Å². The molecular weight excluding hydrogens is 224 g/mol. The Balaban J connectivity index is 2.67. The number of benzene rings is 1. The van der Waals surface area contributed by atoms with E-state index in [1.165, 1.54) is 0 Å². The largest absolute Gasteiger partial charge is 0.560 e. The third-order valence-corrected chi connectivity index (χ3v) is 2.52. The van der Waals surface area contributed by atoms with E-state index in [0.717, 1.165) is 12.0 Å². The van der Waals surface area contributed by atoms with Crippen LogP contribution < -0.4 is 0 Å². The van der Waals surface area contributed by atoms with Crippen LogP contribution in [0, 0.1) is 0 Å². The second-order valence-corrected chi connectivity index (χ2v) is 3.68. The molecule has 0 aliphatic rings. The number of aliphatic hydroxyl groups excluding tert-OH is 1. The van der Waals surface area contributed by atoms with E-state index in [4.69, 9.17) is 19.7 Å². The van der Waals surface area contributed by atoms with E-state index < -0.39 is 6.10 Å². The highest BCUT2D eigenvalue weighted by Gasteiger charge is 2.17. The first-order chi connectivity index (χ1) is 7.77. The fraction of sp³-hybridized carbons (Fsp3) is 0.364. The van der Waals surface area contributed by atoms with Gasteiger partial charge in [-0.05, 0) is 12.0 Å². The Morgan fingerprint density at radius 3 is 2.69 bits per heavy atom. The quantitative estimate of drug-likeness (QED) is 0.351. The molecule has 2 atom stereocenters. The molecule has 84 valence electrons. The average molecular weight is 237 g/mol. The third-order valence-electron chi connectivity index (χ3n) is 2.20. The molecule has 0 saturated carbocycles. The standard InChI is InChI=1S/C11H13BClNO2/c12-16-8-14-10(11(15)7-13)6-9-4-2-1-3-5-9/h1-5,8,10-11,15H,6-7H2/t10-,11+/m0/s1. The van der Waals surface area contributed by atoms with Crippen molar-refractivity contribution in [1.29, 1.82) is 0 Å². The molecule has 0 saturated heterocycles. The minimum atomic E-state index is -0.715. The molecule has 1 aromatic carbocycles. The Morgan fingerprint density at radius 2 is 2.12 bits per heavy atom. The summed E-state index contributed by atoms with van der Waals surface area (Å²) in [5, 5.41) is 9.66. The van der Waals surface area contributed by atoms with Crippen LogP contribution in [0.4, 0.5) is 0 Å². The van der Waals surface area contributed by atoms with Gasteiger partial charge < -0.3 is 9.76 Å². The van der Waals surface area contributed by atoms with Crippen LogP contribution in [0.2, 0.25) is 0 Å². The number of halogens is 1. The number of rotatable bonds is 6. The van der Waals surface area contributed by atoms with Crippen LogP contribution in [-0.4, -0.2) is 37.6 Å². The molecule has 2 radical (unpaired) electrons. The SMILES string of the molecule is [B]OC=N[C@@H](Cc1ccccc1)[C@H](O)CCl. The normalized spacial score (nSPS) is 14.9. The first-order valence-corrected chi connectivity index (χ1v) is 5.46. The van der Waals surface area contributed by atoms with Gasteiger partial charge in [0.15, 0.2) is 6.40 Å². The van der Waals surface area contributed by atoms with Crippen molar-refractivity contribution in [2.45, 2.75) is 18.6 Å². The first-order valence-electron chi connectivity index (χ1n) is 4.93. The molecule has 16 heavy (non-hydrogen) atoms. The molecule has 5 heteroatoms. The molecule has 1 N–H and O–H groups in total. The van der Waals surface area contributed by atoms with Gasteiger partial charge in [0, 0.05) is 0 Å². The van der Waals surface area contributed by atoms with Gasteiger partial charge in [0.25, 0.3) is 0 Å². The van der Waals surface area contributed by atoms with E-state index in [0.29, 0.717) is 6.42 Å². The lowest BCUT2D eigenvalue weighted by atomic mass is 10.0. The van der Waals surface area contributed by atoms with Gasteiger partial charge in [-0.2, -0.15) is 0 Å². The molecule has 3 nitrogen and oxygen atoms in total. The van der Waals surface area contributed by atoms with Gasteiger partial charge in [-0.3, -0.25) is 4.99 Å². The second-order valence-electron chi connectivity index (χ2n) is 3.37. The van der Waals surface area contributed by atoms with Crippen LogP contribution in [0.3, 0.4) is 0 Å². The Morgan fingerprint density at radius 1 is 1.44 bits per heavy atom. The minimum absolute atomic E-state index is 0.124. The maximum Gasteiger partial charge on any atom is 0.375 e. The van der Waals surface area contributed by atoms with Crippen LogP contribution in [0.5, 0.6) is 0 Å². The Kier molecular flexibility index (Phi) is 5.97. The third kappa shape index (κ3) is 4.25. The minimum Gasteiger partial charge on any atom is -0.560 e. The molecule has 0 unspecified atom stereocenters. The highest BCUT2D eigenvalue weighted by molar-refractivity contribution is 6.18. The predicted octanol–water partition coefficient (Wildman–Crippen LogP) is 1.33. The summed E-state index contributed by atoms with van der Waals surface area (Å²) in [5.74, 6) is 0.124. The lowest BCUT2D eigenvalue weighted by molar-refractivity contribution is 0.167. The van der Waals surface area contributed by atoms with Crippen LogP contribution in [0.1, 0.15) is 5.56 Å². The molecule has 0 spiro atoms. The summed E-state index contributed by atoms with van der Waals surface area (Å²) < 4.78 is 4.26.